The lowest BCUT2D eigenvalue weighted by molar-refractivity contribution is 0.0320. The molecule has 4 nitrogen and oxygen atoms in total. The number of aromatic amines is 1. The zero-order valence-electron chi connectivity index (χ0n) is 10.9. The summed E-state index contributed by atoms with van der Waals surface area (Å²) in [6.45, 7) is 1.42. The Morgan fingerprint density at radius 1 is 1.37 bits per heavy atom. The molecule has 0 bridgehead atoms. The molecule has 1 aromatic heterocycles. The Morgan fingerprint density at radius 3 is 3.05 bits per heavy atom. The van der Waals surface area contributed by atoms with Crippen LogP contribution in [-0.2, 0) is 6.54 Å². The van der Waals surface area contributed by atoms with Crippen molar-refractivity contribution in [2.45, 2.75) is 25.0 Å². The summed E-state index contributed by atoms with van der Waals surface area (Å²) in [6, 6.07) is 6.18. The Kier molecular flexibility index (Phi) is 3.77. The fraction of sp³-hybridized carbons (Fsp3) is 0.500. The molecule has 0 amide bonds. The number of para-hydroxylation sites is 1. The Balaban J connectivity index is 1.61. The van der Waals surface area contributed by atoms with Crippen LogP contribution >= 0.6 is 11.8 Å². The summed E-state index contributed by atoms with van der Waals surface area (Å²) in [6.07, 6.45) is 3.61. The van der Waals surface area contributed by atoms with Crippen molar-refractivity contribution in [3.8, 4) is 0 Å². The number of aromatic nitrogens is 2. The number of thioether (sulfide) groups is 1. The second kappa shape index (κ2) is 5.53. The van der Waals surface area contributed by atoms with E-state index in [1.54, 1.807) is 0 Å². The van der Waals surface area contributed by atoms with Crippen LogP contribution in [0.1, 0.15) is 18.4 Å². The highest BCUT2D eigenvalue weighted by atomic mass is 32.2. The van der Waals surface area contributed by atoms with Crippen LogP contribution in [0.2, 0.25) is 0 Å². The van der Waals surface area contributed by atoms with Crippen molar-refractivity contribution in [2.24, 2.45) is 0 Å². The van der Waals surface area contributed by atoms with E-state index in [2.05, 4.69) is 21.6 Å². The molecule has 1 saturated heterocycles. The van der Waals surface area contributed by atoms with Crippen LogP contribution in [0, 0.1) is 0 Å². The molecule has 2 aromatic rings. The van der Waals surface area contributed by atoms with Crippen LogP contribution in [-0.4, -0.2) is 39.0 Å². The van der Waals surface area contributed by atoms with Crippen LogP contribution in [0.25, 0.3) is 10.9 Å². The van der Waals surface area contributed by atoms with Crippen molar-refractivity contribution in [3.05, 3.63) is 30.0 Å². The third-order valence-corrected chi connectivity index (χ3v) is 4.74. The van der Waals surface area contributed by atoms with E-state index in [1.165, 1.54) is 5.56 Å². The van der Waals surface area contributed by atoms with Gasteiger partial charge >= 0.3 is 0 Å². The van der Waals surface area contributed by atoms with E-state index in [1.807, 2.05) is 30.1 Å². The molecule has 1 fully saturated rings. The first-order chi connectivity index (χ1) is 9.27. The zero-order chi connectivity index (χ0) is 13.1. The molecular formula is C14H19N3OS. The zero-order valence-corrected chi connectivity index (χ0v) is 11.7. The monoisotopic (exact) mass is 277 g/mol. The van der Waals surface area contributed by atoms with E-state index in [4.69, 9.17) is 0 Å². The highest BCUT2D eigenvalue weighted by Crippen LogP contribution is 2.26. The standard InChI is InChI=1S/C14H19N3OS/c18-14(4-6-19-7-5-14)10-15-8-11-2-1-3-12-9-16-17-13(11)12/h1-3,9,15,18H,4-8,10H2,(H,16,17). The normalized spacial score (nSPS) is 18.8. The van der Waals surface area contributed by atoms with E-state index in [0.29, 0.717) is 6.54 Å². The Labute approximate surface area is 117 Å². The minimum Gasteiger partial charge on any atom is -0.389 e. The van der Waals surface area contributed by atoms with Gasteiger partial charge in [0, 0.05) is 18.5 Å². The molecule has 5 heteroatoms. The molecule has 0 radical (unpaired) electrons. The topological polar surface area (TPSA) is 60.9 Å². The van der Waals surface area contributed by atoms with Gasteiger partial charge in [0.1, 0.15) is 0 Å². The van der Waals surface area contributed by atoms with Gasteiger partial charge in [-0.3, -0.25) is 5.10 Å². The Hall–Kier alpha value is -1.04. The van der Waals surface area contributed by atoms with Gasteiger partial charge in [-0.05, 0) is 29.9 Å². The van der Waals surface area contributed by atoms with Crippen molar-refractivity contribution < 1.29 is 5.11 Å². The van der Waals surface area contributed by atoms with E-state index in [9.17, 15) is 5.11 Å². The second-order valence-corrected chi connectivity index (χ2v) is 6.42. The predicted octanol–water partition coefficient (Wildman–Crippen LogP) is 1.91. The third kappa shape index (κ3) is 2.94. The van der Waals surface area contributed by atoms with Gasteiger partial charge in [-0.2, -0.15) is 16.9 Å². The number of aliphatic hydroxyl groups is 1. The number of nitrogens with zero attached hydrogens (tertiary/aromatic N) is 1. The lowest BCUT2D eigenvalue weighted by Gasteiger charge is -2.32. The molecule has 0 unspecified atom stereocenters. The maximum Gasteiger partial charge on any atom is 0.0787 e. The van der Waals surface area contributed by atoms with Gasteiger partial charge in [0.15, 0.2) is 0 Å². The van der Waals surface area contributed by atoms with Crippen molar-refractivity contribution in [1.29, 1.82) is 0 Å². The van der Waals surface area contributed by atoms with Crippen LogP contribution in [0.15, 0.2) is 24.4 Å². The van der Waals surface area contributed by atoms with Gasteiger partial charge < -0.3 is 10.4 Å². The van der Waals surface area contributed by atoms with Gasteiger partial charge in [-0.25, -0.2) is 0 Å². The van der Waals surface area contributed by atoms with E-state index in [-0.39, 0.29) is 0 Å². The number of H-pyrrole nitrogens is 1. The highest BCUT2D eigenvalue weighted by molar-refractivity contribution is 7.99. The van der Waals surface area contributed by atoms with Crippen LogP contribution in [0.5, 0.6) is 0 Å². The van der Waals surface area contributed by atoms with E-state index >= 15 is 0 Å². The molecule has 19 heavy (non-hydrogen) atoms. The smallest absolute Gasteiger partial charge is 0.0787 e. The third-order valence-electron chi connectivity index (χ3n) is 3.76. The van der Waals surface area contributed by atoms with E-state index < -0.39 is 5.60 Å². The average molecular weight is 277 g/mol. The number of nitrogens with one attached hydrogen (secondary N) is 2. The molecule has 1 aliphatic rings. The van der Waals surface area contributed by atoms with Crippen molar-refractivity contribution >= 4 is 22.7 Å². The van der Waals surface area contributed by atoms with Gasteiger partial charge in [0.2, 0.25) is 0 Å². The van der Waals surface area contributed by atoms with Crippen molar-refractivity contribution in [1.82, 2.24) is 15.5 Å². The first-order valence-electron chi connectivity index (χ1n) is 6.69. The van der Waals surface area contributed by atoms with Crippen LogP contribution in [0.4, 0.5) is 0 Å². The molecule has 0 spiro atoms. The molecule has 1 aromatic carbocycles. The molecule has 3 rings (SSSR count). The minimum atomic E-state index is -0.521. The molecule has 2 heterocycles. The van der Waals surface area contributed by atoms with Crippen LogP contribution in [0.3, 0.4) is 0 Å². The quantitative estimate of drug-likeness (QED) is 0.799. The second-order valence-electron chi connectivity index (χ2n) is 5.19. The number of hydrogen-bond donors (Lipinski definition) is 3. The summed E-state index contributed by atoms with van der Waals surface area (Å²) in [5.41, 5.74) is 1.76. The fourth-order valence-corrected chi connectivity index (χ4v) is 3.79. The summed E-state index contributed by atoms with van der Waals surface area (Å²) >= 11 is 1.93. The minimum absolute atomic E-state index is 0.521. The SMILES string of the molecule is OC1(CNCc2cccc3cn[nH]c23)CCSCC1. The number of benzene rings is 1. The largest absolute Gasteiger partial charge is 0.389 e. The van der Waals surface area contributed by atoms with E-state index in [0.717, 1.165) is 41.8 Å². The molecular weight excluding hydrogens is 258 g/mol. The van der Waals surface area contributed by atoms with Gasteiger partial charge in [-0.15, -0.1) is 0 Å². The first kappa shape index (κ1) is 13.0. The summed E-state index contributed by atoms with van der Waals surface area (Å²) in [7, 11) is 0. The van der Waals surface area contributed by atoms with Gasteiger partial charge in [-0.1, -0.05) is 18.2 Å². The summed E-state index contributed by atoms with van der Waals surface area (Å²) in [5, 5.41) is 22.0. The summed E-state index contributed by atoms with van der Waals surface area (Å²) in [4.78, 5) is 0. The Morgan fingerprint density at radius 2 is 2.21 bits per heavy atom. The van der Waals surface area contributed by atoms with Crippen LogP contribution < -0.4 is 5.32 Å². The molecule has 3 N–H and O–H groups in total. The summed E-state index contributed by atoms with van der Waals surface area (Å²) in [5.74, 6) is 2.13. The molecule has 0 saturated carbocycles. The van der Waals surface area contributed by atoms with Crippen molar-refractivity contribution in [2.75, 3.05) is 18.1 Å². The fourth-order valence-electron chi connectivity index (χ4n) is 2.54. The highest BCUT2D eigenvalue weighted by Gasteiger charge is 2.28. The van der Waals surface area contributed by atoms with Gasteiger partial charge in [0.25, 0.3) is 0 Å². The maximum absolute atomic E-state index is 10.4. The predicted molar refractivity (Wildman–Crippen MR) is 79.3 cm³/mol. The molecule has 1 aliphatic heterocycles. The Bertz CT molecular complexity index is 548. The molecule has 0 atom stereocenters. The number of rotatable bonds is 4. The average Bonchev–Trinajstić information content (AvgIpc) is 2.88. The molecule has 0 aliphatic carbocycles. The van der Waals surface area contributed by atoms with Gasteiger partial charge in [0.05, 0.1) is 17.3 Å². The lowest BCUT2D eigenvalue weighted by atomic mass is 9.97. The lowest BCUT2D eigenvalue weighted by Crippen LogP contribution is -2.43. The van der Waals surface area contributed by atoms with Crippen molar-refractivity contribution in [3.63, 3.8) is 0 Å². The first-order valence-corrected chi connectivity index (χ1v) is 7.84. The maximum atomic E-state index is 10.4. The number of fused-ring (bicyclic) bond motifs is 1. The number of hydrogen-bond acceptors (Lipinski definition) is 4. The molecule has 102 valence electrons. The summed E-state index contributed by atoms with van der Waals surface area (Å²) < 4.78 is 0.